The van der Waals surface area contributed by atoms with E-state index in [0.29, 0.717) is 18.7 Å². The Morgan fingerprint density at radius 3 is 2.62 bits per heavy atom. The molecule has 1 amide bonds. The van der Waals surface area contributed by atoms with Crippen LogP contribution in [0.2, 0.25) is 0 Å². The summed E-state index contributed by atoms with van der Waals surface area (Å²) in [6.07, 6.45) is -0.399. The molecule has 26 heavy (non-hydrogen) atoms. The molecule has 1 saturated heterocycles. The lowest BCUT2D eigenvalue weighted by Crippen LogP contribution is -2.46. The number of nitrogen functional groups attached to an aromatic ring is 1. The summed E-state index contributed by atoms with van der Waals surface area (Å²) < 4.78 is 5.97. The van der Waals surface area contributed by atoms with Crippen LogP contribution in [0.15, 0.2) is 42.5 Å². The number of carbonyl (C=O) groups excluding carboxylic acids is 1. The molecule has 0 spiro atoms. The number of amides is 1. The van der Waals surface area contributed by atoms with Gasteiger partial charge in [-0.25, -0.2) is 0 Å². The first-order valence-corrected chi connectivity index (χ1v) is 8.41. The molecule has 1 heterocycles. The standard InChI is InChI=1S/C19H21N3O4/c1-12-8-15(18(20)16(9-12)22(24)25)19(23)21-10-13(2)26-17(11-21)14-6-4-3-5-7-14/h3-9,13,17H,10-11,20H2,1-2H3/t13-,17+/m0/s1. The third kappa shape index (κ3) is 3.52. The van der Waals surface area contributed by atoms with Gasteiger partial charge in [-0.15, -0.1) is 0 Å². The smallest absolute Gasteiger partial charge is 0.293 e. The van der Waals surface area contributed by atoms with E-state index in [1.165, 1.54) is 6.07 Å². The van der Waals surface area contributed by atoms with Gasteiger partial charge in [-0.1, -0.05) is 30.3 Å². The summed E-state index contributed by atoms with van der Waals surface area (Å²) in [5.74, 6) is -0.314. The molecular formula is C19H21N3O4. The molecule has 0 aliphatic carbocycles. The molecule has 0 unspecified atom stereocenters. The van der Waals surface area contributed by atoms with E-state index < -0.39 is 4.92 Å². The molecule has 1 fully saturated rings. The maximum absolute atomic E-state index is 13.0. The van der Waals surface area contributed by atoms with Gasteiger partial charge in [-0.2, -0.15) is 0 Å². The number of hydrogen-bond donors (Lipinski definition) is 1. The van der Waals surface area contributed by atoms with Crippen molar-refractivity contribution in [1.29, 1.82) is 0 Å². The highest BCUT2D eigenvalue weighted by Crippen LogP contribution is 2.31. The Balaban J connectivity index is 1.91. The van der Waals surface area contributed by atoms with E-state index in [9.17, 15) is 14.9 Å². The highest BCUT2D eigenvalue weighted by atomic mass is 16.6. The minimum absolute atomic E-state index is 0.0963. The highest BCUT2D eigenvalue weighted by Gasteiger charge is 2.32. The van der Waals surface area contributed by atoms with Crippen LogP contribution in [0, 0.1) is 17.0 Å². The van der Waals surface area contributed by atoms with Crippen molar-refractivity contribution in [3.05, 3.63) is 69.3 Å². The van der Waals surface area contributed by atoms with Crippen LogP contribution >= 0.6 is 0 Å². The summed E-state index contributed by atoms with van der Waals surface area (Å²) in [6.45, 7) is 4.38. The van der Waals surface area contributed by atoms with E-state index >= 15 is 0 Å². The maximum atomic E-state index is 13.0. The van der Waals surface area contributed by atoms with Crippen molar-refractivity contribution in [2.24, 2.45) is 0 Å². The quantitative estimate of drug-likeness (QED) is 0.518. The summed E-state index contributed by atoms with van der Waals surface area (Å²) >= 11 is 0. The number of carbonyl (C=O) groups is 1. The van der Waals surface area contributed by atoms with E-state index in [0.717, 1.165) is 5.56 Å². The van der Waals surface area contributed by atoms with Gasteiger partial charge < -0.3 is 15.4 Å². The number of nitrogens with zero attached hydrogens (tertiary/aromatic N) is 2. The SMILES string of the molecule is Cc1cc(C(=O)N2C[C@H](C)O[C@@H](c3ccccc3)C2)c(N)c([N+](=O)[O-])c1. The van der Waals surface area contributed by atoms with Gasteiger partial charge in [0.05, 0.1) is 23.1 Å². The molecule has 0 saturated carbocycles. The lowest BCUT2D eigenvalue weighted by atomic mass is 10.0. The van der Waals surface area contributed by atoms with E-state index in [1.807, 2.05) is 37.3 Å². The second kappa shape index (κ2) is 7.13. The molecule has 3 rings (SSSR count). The number of aryl methyl sites for hydroxylation is 1. The molecule has 2 aromatic carbocycles. The highest BCUT2D eigenvalue weighted by molar-refractivity contribution is 6.01. The lowest BCUT2D eigenvalue weighted by Gasteiger charge is -2.37. The van der Waals surface area contributed by atoms with E-state index in [2.05, 4.69) is 0 Å². The molecule has 1 aliphatic rings. The Bertz CT molecular complexity index is 838. The number of ether oxygens (including phenoxy) is 1. The molecule has 2 N–H and O–H groups in total. The largest absolute Gasteiger partial charge is 0.393 e. The van der Waals surface area contributed by atoms with E-state index in [1.54, 1.807) is 17.9 Å². The number of rotatable bonds is 3. The van der Waals surface area contributed by atoms with E-state index in [-0.39, 0.29) is 35.1 Å². The van der Waals surface area contributed by atoms with Crippen LogP contribution in [0.4, 0.5) is 11.4 Å². The number of benzene rings is 2. The summed E-state index contributed by atoms with van der Waals surface area (Å²) in [7, 11) is 0. The predicted molar refractivity (Wildman–Crippen MR) is 97.9 cm³/mol. The van der Waals surface area contributed by atoms with Crippen molar-refractivity contribution < 1.29 is 14.5 Å². The third-order valence-corrected chi connectivity index (χ3v) is 4.45. The molecule has 2 aromatic rings. The summed E-state index contributed by atoms with van der Waals surface area (Å²) in [5.41, 5.74) is 7.35. The van der Waals surface area contributed by atoms with Gasteiger partial charge in [0.25, 0.3) is 11.6 Å². The first kappa shape index (κ1) is 17.9. The predicted octanol–water partition coefficient (Wildman–Crippen LogP) is 3.09. The number of hydrogen-bond acceptors (Lipinski definition) is 5. The van der Waals surface area contributed by atoms with Gasteiger partial charge in [0.15, 0.2) is 0 Å². The second-order valence-electron chi connectivity index (χ2n) is 6.56. The van der Waals surface area contributed by atoms with Crippen LogP contribution < -0.4 is 5.73 Å². The number of morpholine rings is 1. The van der Waals surface area contributed by atoms with Crippen LogP contribution in [0.1, 0.15) is 34.5 Å². The van der Waals surface area contributed by atoms with Gasteiger partial charge in [-0.05, 0) is 31.0 Å². The molecule has 7 nitrogen and oxygen atoms in total. The van der Waals surface area contributed by atoms with Crippen LogP contribution in [0.3, 0.4) is 0 Å². The fraction of sp³-hybridized carbons (Fsp3) is 0.316. The Kier molecular flexibility index (Phi) is 4.90. The molecule has 0 bridgehead atoms. The van der Waals surface area contributed by atoms with Crippen molar-refractivity contribution in [2.75, 3.05) is 18.8 Å². The van der Waals surface area contributed by atoms with Crippen molar-refractivity contribution in [3.63, 3.8) is 0 Å². The zero-order valence-electron chi connectivity index (χ0n) is 14.7. The van der Waals surface area contributed by atoms with Crippen molar-refractivity contribution in [1.82, 2.24) is 4.90 Å². The van der Waals surface area contributed by atoms with Gasteiger partial charge in [0, 0.05) is 12.6 Å². The fourth-order valence-corrected chi connectivity index (χ4v) is 3.25. The average molecular weight is 355 g/mol. The fourth-order valence-electron chi connectivity index (χ4n) is 3.25. The Hall–Kier alpha value is -2.93. The van der Waals surface area contributed by atoms with Gasteiger partial charge >= 0.3 is 0 Å². The average Bonchev–Trinajstić information content (AvgIpc) is 2.62. The topological polar surface area (TPSA) is 98.7 Å². The van der Waals surface area contributed by atoms with Crippen LogP contribution in [0.25, 0.3) is 0 Å². The zero-order chi connectivity index (χ0) is 18.8. The summed E-state index contributed by atoms with van der Waals surface area (Å²) in [6, 6.07) is 12.7. The minimum atomic E-state index is -0.562. The van der Waals surface area contributed by atoms with Crippen molar-refractivity contribution in [2.45, 2.75) is 26.1 Å². The number of anilines is 1. The zero-order valence-corrected chi connectivity index (χ0v) is 14.7. The first-order valence-electron chi connectivity index (χ1n) is 8.41. The van der Waals surface area contributed by atoms with Crippen LogP contribution in [0.5, 0.6) is 0 Å². The molecular weight excluding hydrogens is 334 g/mol. The van der Waals surface area contributed by atoms with Crippen LogP contribution in [-0.4, -0.2) is 34.9 Å². The summed E-state index contributed by atoms with van der Waals surface area (Å²) in [5, 5.41) is 11.2. The molecule has 7 heteroatoms. The van der Waals surface area contributed by atoms with E-state index in [4.69, 9.17) is 10.5 Å². The summed E-state index contributed by atoms with van der Waals surface area (Å²) in [4.78, 5) is 25.3. The molecule has 0 radical (unpaired) electrons. The first-order chi connectivity index (χ1) is 12.4. The third-order valence-electron chi connectivity index (χ3n) is 4.45. The van der Waals surface area contributed by atoms with Crippen molar-refractivity contribution in [3.8, 4) is 0 Å². The number of nitro benzene ring substituents is 1. The Morgan fingerprint density at radius 1 is 1.27 bits per heavy atom. The second-order valence-corrected chi connectivity index (χ2v) is 6.56. The maximum Gasteiger partial charge on any atom is 0.293 e. The molecule has 136 valence electrons. The van der Waals surface area contributed by atoms with Crippen molar-refractivity contribution >= 4 is 17.3 Å². The molecule has 0 aromatic heterocycles. The van der Waals surface area contributed by atoms with Crippen LogP contribution in [-0.2, 0) is 4.74 Å². The van der Waals surface area contributed by atoms with Gasteiger partial charge in [0.2, 0.25) is 0 Å². The Labute approximate surface area is 151 Å². The normalized spacial score (nSPS) is 20.0. The number of nitro groups is 1. The minimum Gasteiger partial charge on any atom is -0.393 e. The monoisotopic (exact) mass is 355 g/mol. The lowest BCUT2D eigenvalue weighted by molar-refractivity contribution is -0.384. The van der Waals surface area contributed by atoms with Gasteiger partial charge in [0.1, 0.15) is 11.8 Å². The number of nitrogens with two attached hydrogens (primary N) is 1. The molecule has 1 aliphatic heterocycles. The Morgan fingerprint density at radius 2 is 1.96 bits per heavy atom. The molecule has 2 atom stereocenters. The van der Waals surface area contributed by atoms with Gasteiger partial charge in [-0.3, -0.25) is 14.9 Å².